The molecule has 0 saturated heterocycles. The lowest BCUT2D eigenvalue weighted by atomic mass is 10.2. The highest BCUT2D eigenvalue weighted by molar-refractivity contribution is 7.99. The van der Waals surface area contributed by atoms with Gasteiger partial charge in [0.25, 0.3) is 5.69 Å². The highest BCUT2D eigenvalue weighted by atomic mass is 32.2. The van der Waals surface area contributed by atoms with Crippen LogP contribution in [0.5, 0.6) is 0 Å². The number of primary sulfonamides is 1. The van der Waals surface area contributed by atoms with Gasteiger partial charge < -0.3 is 10.6 Å². The van der Waals surface area contributed by atoms with Gasteiger partial charge >= 0.3 is 0 Å². The first-order valence-electron chi connectivity index (χ1n) is 8.17. The second kappa shape index (κ2) is 9.53. The van der Waals surface area contributed by atoms with E-state index in [1.54, 1.807) is 0 Å². The minimum absolute atomic E-state index is 0.0877. The van der Waals surface area contributed by atoms with Gasteiger partial charge in [0.1, 0.15) is 5.69 Å². The number of nitrogens with zero attached hydrogens (tertiary/aromatic N) is 1. The average Bonchev–Trinajstić information content (AvgIpc) is 2.66. The summed E-state index contributed by atoms with van der Waals surface area (Å²) < 4.78 is 22.9. The van der Waals surface area contributed by atoms with E-state index in [0.717, 1.165) is 11.0 Å². The fourth-order valence-corrected chi connectivity index (χ4v) is 3.85. The van der Waals surface area contributed by atoms with Crippen molar-refractivity contribution in [2.24, 2.45) is 5.14 Å². The van der Waals surface area contributed by atoms with Crippen LogP contribution in [0.1, 0.15) is 6.42 Å². The van der Waals surface area contributed by atoms with E-state index in [9.17, 15) is 23.3 Å². The zero-order valence-electron chi connectivity index (χ0n) is 15.0. The molecule has 0 aromatic heterocycles. The van der Waals surface area contributed by atoms with Gasteiger partial charge in [0, 0.05) is 36.2 Å². The summed E-state index contributed by atoms with van der Waals surface area (Å²) in [6.07, 6.45) is 0.0877. The van der Waals surface area contributed by atoms with Crippen LogP contribution >= 0.6 is 11.8 Å². The second-order valence-electron chi connectivity index (χ2n) is 5.82. The molecule has 0 unspecified atom stereocenters. The SMILES string of the molecule is CNC(=O)C[C@H](CSc1ccccc1)Nc1ccc(S(N)(=O)=O)cc1[N+](=O)[O-]. The van der Waals surface area contributed by atoms with Gasteiger partial charge in [-0.25, -0.2) is 13.6 Å². The number of hydrogen-bond acceptors (Lipinski definition) is 7. The molecular weight excluding hydrogens is 404 g/mol. The Morgan fingerprint density at radius 1 is 1.25 bits per heavy atom. The monoisotopic (exact) mass is 424 g/mol. The number of nitro groups is 1. The molecule has 0 heterocycles. The van der Waals surface area contributed by atoms with E-state index in [2.05, 4.69) is 10.6 Å². The van der Waals surface area contributed by atoms with Crippen LogP contribution in [-0.2, 0) is 14.8 Å². The number of nitro benzene ring substituents is 1. The predicted octanol–water partition coefficient (Wildman–Crippen LogP) is 1.95. The summed E-state index contributed by atoms with van der Waals surface area (Å²) in [5, 5.41) is 21.9. The van der Waals surface area contributed by atoms with Crippen LogP contribution in [0.15, 0.2) is 58.3 Å². The van der Waals surface area contributed by atoms with Gasteiger partial charge in [-0.05, 0) is 24.3 Å². The van der Waals surface area contributed by atoms with Crippen molar-refractivity contribution in [1.29, 1.82) is 0 Å². The zero-order valence-corrected chi connectivity index (χ0v) is 16.6. The lowest BCUT2D eigenvalue weighted by molar-refractivity contribution is -0.384. The van der Waals surface area contributed by atoms with E-state index in [-0.39, 0.29) is 22.9 Å². The number of rotatable bonds is 9. The number of carbonyl (C=O) groups is 1. The maximum Gasteiger partial charge on any atom is 0.293 e. The minimum Gasteiger partial charge on any atom is -0.375 e. The van der Waals surface area contributed by atoms with Crippen LogP contribution in [0.25, 0.3) is 0 Å². The van der Waals surface area contributed by atoms with Crippen LogP contribution in [0.2, 0.25) is 0 Å². The Labute approximate surface area is 166 Å². The zero-order chi connectivity index (χ0) is 20.7. The maximum absolute atomic E-state index is 11.8. The van der Waals surface area contributed by atoms with Gasteiger partial charge in [-0.1, -0.05) is 18.2 Å². The lowest BCUT2D eigenvalue weighted by Gasteiger charge is -2.19. The maximum atomic E-state index is 11.8. The van der Waals surface area contributed by atoms with E-state index in [1.165, 1.54) is 30.9 Å². The molecule has 0 spiro atoms. The van der Waals surface area contributed by atoms with Crippen molar-refractivity contribution in [3.63, 3.8) is 0 Å². The molecule has 1 amide bonds. The molecular formula is C17H20N4O5S2. The molecule has 2 aromatic carbocycles. The Hall–Kier alpha value is -2.63. The van der Waals surface area contributed by atoms with Gasteiger partial charge in [0.2, 0.25) is 15.9 Å². The largest absolute Gasteiger partial charge is 0.375 e. The first-order chi connectivity index (χ1) is 13.2. The Morgan fingerprint density at radius 2 is 1.93 bits per heavy atom. The first kappa shape index (κ1) is 21.7. The number of nitrogens with one attached hydrogen (secondary N) is 2. The predicted molar refractivity (Wildman–Crippen MR) is 108 cm³/mol. The van der Waals surface area contributed by atoms with Crippen molar-refractivity contribution < 1.29 is 18.1 Å². The average molecular weight is 425 g/mol. The number of benzene rings is 2. The van der Waals surface area contributed by atoms with Crippen LogP contribution in [0.3, 0.4) is 0 Å². The summed E-state index contributed by atoms with van der Waals surface area (Å²) in [5.74, 6) is 0.237. The highest BCUT2D eigenvalue weighted by Gasteiger charge is 2.22. The van der Waals surface area contributed by atoms with Crippen LogP contribution in [-0.4, -0.2) is 38.1 Å². The van der Waals surface area contributed by atoms with Crippen LogP contribution in [0.4, 0.5) is 11.4 Å². The van der Waals surface area contributed by atoms with E-state index in [1.807, 2.05) is 30.3 Å². The Balaban J connectivity index is 2.26. The fraction of sp³-hybridized carbons (Fsp3) is 0.235. The van der Waals surface area contributed by atoms with E-state index >= 15 is 0 Å². The van der Waals surface area contributed by atoms with E-state index in [0.29, 0.717) is 5.75 Å². The molecule has 150 valence electrons. The minimum atomic E-state index is -4.07. The number of sulfonamides is 1. The summed E-state index contributed by atoms with van der Waals surface area (Å²) in [6.45, 7) is 0. The molecule has 0 aliphatic heterocycles. The molecule has 28 heavy (non-hydrogen) atoms. The second-order valence-corrected chi connectivity index (χ2v) is 8.48. The summed E-state index contributed by atoms with van der Waals surface area (Å²) in [5.41, 5.74) is -0.321. The molecule has 0 aliphatic carbocycles. The van der Waals surface area contributed by atoms with Gasteiger partial charge in [0.05, 0.1) is 9.82 Å². The van der Waals surface area contributed by atoms with Crippen molar-refractivity contribution in [3.05, 3.63) is 58.6 Å². The summed E-state index contributed by atoms with van der Waals surface area (Å²) in [7, 11) is -2.57. The quantitative estimate of drug-likeness (QED) is 0.317. The molecule has 4 N–H and O–H groups in total. The number of nitrogens with two attached hydrogens (primary N) is 1. The lowest BCUT2D eigenvalue weighted by Crippen LogP contribution is -2.31. The third kappa shape index (κ3) is 6.22. The smallest absolute Gasteiger partial charge is 0.293 e. The Morgan fingerprint density at radius 3 is 2.50 bits per heavy atom. The van der Waals surface area contributed by atoms with Crippen molar-refractivity contribution in [3.8, 4) is 0 Å². The van der Waals surface area contributed by atoms with Gasteiger partial charge in [0.15, 0.2) is 0 Å². The van der Waals surface area contributed by atoms with Gasteiger partial charge in [-0.15, -0.1) is 11.8 Å². The van der Waals surface area contributed by atoms with E-state index < -0.39 is 26.7 Å². The first-order valence-corrected chi connectivity index (χ1v) is 10.7. The standard InChI is InChI=1S/C17H20N4O5S2/c1-19-17(22)9-12(11-27-13-5-3-2-4-6-13)20-15-8-7-14(28(18,25)26)10-16(15)21(23)24/h2-8,10,12,20H,9,11H2,1H3,(H,19,22)(H2,18,25,26)/t12-/m1/s1. The third-order valence-corrected chi connectivity index (χ3v) is 5.84. The number of hydrogen-bond donors (Lipinski definition) is 3. The third-order valence-electron chi connectivity index (χ3n) is 3.76. The molecule has 2 rings (SSSR count). The summed E-state index contributed by atoms with van der Waals surface area (Å²) >= 11 is 1.49. The molecule has 9 nitrogen and oxygen atoms in total. The number of anilines is 1. The van der Waals surface area contributed by atoms with Gasteiger partial charge in [-0.3, -0.25) is 14.9 Å². The van der Waals surface area contributed by atoms with Gasteiger partial charge in [-0.2, -0.15) is 0 Å². The molecule has 0 aliphatic rings. The van der Waals surface area contributed by atoms with E-state index in [4.69, 9.17) is 5.14 Å². The molecule has 2 aromatic rings. The Bertz CT molecular complexity index is 951. The van der Waals surface area contributed by atoms with Crippen LogP contribution in [0, 0.1) is 10.1 Å². The molecule has 0 radical (unpaired) electrons. The summed E-state index contributed by atoms with van der Waals surface area (Å²) in [6, 6.07) is 12.5. The molecule has 0 saturated carbocycles. The molecule has 11 heteroatoms. The molecule has 0 bridgehead atoms. The molecule has 1 atom stereocenters. The van der Waals surface area contributed by atoms with Crippen molar-refractivity contribution >= 4 is 39.1 Å². The Kier molecular flexibility index (Phi) is 7.38. The summed E-state index contributed by atoms with van der Waals surface area (Å²) in [4.78, 5) is 23.2. The normalized spacial score (nSPS) is 12.2. The number of amides is 1. The van der Waals surface area contributed by atoms with Crippen molar-refractivity contribution in [1.82, 2.24) is 5.32 Å². The highest BCUT2D eigenvalue weighted by Crippen LogP contribution is 2.29. The number of carbonyl (C=O) groups excluding carboxylic acids is 1. The fourth-order valence-electron chi connectivity index (χ4n) is 2.37. The molecule has 0 fully saturated rings. The van der Waals surface area contributed by atoms with Crippen molar-refractivity contribution in [2.75, 3.05) is 18.1 Å². The number of thioether (sulfide) groups is 1. The van der Waals surface area contributed by atoms with Crippen LogP contribution < -0.4 is 15.8 Å². The topological polar surface area (TPSA) is 144 Å². The van der Waals surface area contributed by atoms with Crippen molar-refractivity contribution in [2.45, 2.75) is 22.3 Å².